The lowest BCUT2D eigenvalue weighted by Gasteiger charge is -2.18. The quantitative estimate of drug-likeness (QED) is 0.470. The summed E-state index contributed by atoms with van der Waals surface area (Å²) in [7, 11) is 3.76. The van der Waals surface area contributed by atoms with Crippen molar-refractivity contribution in [3.05, 3.63) is 89.0 Å². The summed E-state index contributed by atoms with van der Waals surface area (Å²) in [6.07, 6.45) is -0.707. The minimum absolute atomic E-state index is 0.0697. The number of carbonyl (C=O) groups is 2. The zero-order valence-electron chi connectivity index (χ0n) is 19.2. The van der Waals surface area contributed by atoms with E-state index in [2.05, 4.69) is 17.4 Å². The van der Waals surface area contributed by atoms with Gasteiger partial charge in [-0.3, -0.25) is 0 Å². The molecule has 1 aliphatic rings. The summed E-state index contributed by atoms with van der Waals surface area (Å²) < 4.78 is 5.49. The van der Waals surface area contributed by atoms with Gasteiger partial charge in [0.25, 0.3) is 0 Å². The van der Waals surface area contributed by atoms with E-state index in [1.54, 1.807) is 18.2 Å². The van der Waals surface area contributed by atoms with Crippen LogP contribution in [0.25, 0.3) is 11.1 Å². The Kier molecular flexibility index (Phi) is 6.84. The second-order valence-electron chi connectivity index (χ2n) is 8.77. The number of phenols is 1. The molecule has 0 radical (unpaired) electrons. The number of aromatic hydroxyl groups is 1. The predicted molar refractivity (Wildman–Crippen MR) is 129 cm³/mol. The van der Waals surface area contributed by atoms with Gasteiger partial charge in [0.05, 0.1) is 0 Å². The molecule has 0 spiro atoms. The molecular formula is C27H28N2O5. The Morgan fingerprint density at radius 1 is 1.00 bits per heavy atom. The third-order valence-electron chi connectivity index (χ3n) is 6.00. The van der Waals surface area contributed by atoms with Crippen LogP contribution in [0.4, 0.5) is 4.79 Å². The van der Waals surface area contributed by atoms with Crippen LogP contribution in [-0.2, 0) is 22.5 Å². The van der Waals surface area contributed by atoms with E-state index in [1.165, 1.54) is 0 Å². The number of benzene rings is 3. The topological polar surface area (TPSA) is 99.1 Å². The molecule has 0 saturated carbocycles. The van der Waals surface area contributed by atoms with Gasteiger partial charge >= 0.3 is 12.1 Å². The van der Waals surface area contributed by atoms with Crippen molar-refractivity contribution < 1.29 is 24.5 Å². The Labute approximate surface area is 198 Å². The zero-order valence-corrected chi connectivity index (χ0v) is 19.2. The first-order chi connectivity index (χ1) is 16.3. The van der Waals surface area contributed by atoms with Crippen LogP contribution in [0.15, 0.2) is 66.7 Å². The van der Waals surface area contributed by atoms with Gasteiger partial charge in [0, 0.05) is 24.4 Å². The average molecular weight is 461 g/mol. The molecule has 1 amide bonds. The number of nitrogens with zero attached hydrogens (tertiary/aromatic N) is 1. The number of carboxylic acid groups (broad SMARTS) is 1. The van der Waals surface area contributed by atoms with Gasteiger partial charge in [-0.1, -0.05) is 60.7 Å². The number of phenolic OH excluding ortho intramolecular Hbond substituents is 1. The molecule has 3 N–H and O–H groups in total. The Hall–Kier alpha value is -3.84. The number of aliphatic carboxylic acids is 1. The van der Waals surface area contributed by atoms with Crippen molar-refractivity contribution in [2.45, 2.75) is 24.9 Å². The fraction of sp³-hybridized carbons (Fsp3) is 0.259. The van der Waals surface area contributed by atoms with Crippen LogP contribution in [0, 0.1) is 0 Å². The highest BCUT2D eigenvalue weighted by molar-refractivity contribution is 5.81. The molecule has 0 aromatic heterocycles. The maximum Gasteiger partial charge on any atom is 0.407 e. The minimum Gasteiger partial charge on any atom is -0.508 e. The first-order valence-electron chi connectivity index (χ1n) is 11.1. The molecule has 0 fully saturated rings. The number of ether oxygens (including phenoxy) is 1. The maximum absolute atomic E-state index is 12.6. The van der Waals surface area contributed by atoms with Crippen molar-refractivity contribution in [2.75, 3.05) is 20.7 Å². The first-order valence-corrected chi connectivity index (χ1v) is 11.1. The summed E-state index contributed by atoms with van der Waals surface area (Å²) in [5.41, 5.74) is 5.80. The lowest BCUT2D eigenvalue weighted by Crippen LogP contribution is -2.42. The number of hydrogen-bond donors (Lipinski definition) is 3. The van der Waals surface area contributed by atoms with Gasteiger partial charge in [-0.05, 0) is 48.0 Å². The highest BCUT2D eigenvalue weighted by Crippen LogP contribution is 2.44. The van der Waals surface area contributed by atoms with E-state index in [4.69, 9.17) is 4.74 Å². The van der Waals surface area contributed by atoms with Gasteiger partial charge in [-0.15, -0.1) is 0 Å². The van der Waals surface area contributed by atoms with Crippen molar-refractivity contribution in [1.82, 2.24) is 10.2 Å². The molecule has 1 unspecified atom stereocenters. The van der Waals surface area contributed by atoms with Crippen molar-refractivity contribution >= 4 is 12.1 Å². The number of carboxylic acids is 1. The molecule has 0 heterocycles. The molecule has 0 aliphatic heterocycles. The molecule has 34 heavy (non-hydrogen) atoms. The van der Waals surface area contributed by atoms with E-state index >= 15 is 0 Å². The summed E-state index contributed by atoms with van der Waals surface area (Å²) >= 11 is 0. The molecule has 176 valence electrons. The third-order valence-corrected chi connectivity index (χ3v) is 6.00. The van der Waals surface area contributed by atoms with Gasteiger partial charge in [-0.25, -0.2) is 9.59 Å². The molecule has 1 atom stereocenters. The zero-order chi connectivity index (χ0) is 24.2. The summed E-state index contributed by atoms with van der Waals surface area (Å²) in [5.74, 6) is -1.11. The van der Waals surface area contributed by atoms with Gasteiger partial charge in [0.1, 0.15) is 18.4 Å². The van der Waals surface area contributed by atoms with E-state index in [0.29, 0.717) is 17.7 Å². The number of rotatable bonds is 8. The van der Waals surface area contributed by atoms with Crippen LogP contribution in [0.2, 0.25) is 0 Å². The second-order valence-corrected chi connectivity index (χ2v) is 8.77. The summed E-state index contributed by atoms with van der Waals surface area (Å²) in [5, 5.41) is 22.2. The Morgan fingerprint density at radius 3 is 2.21 bits per heavy atom. The molecule has 7 nitrogen and oxygen atoms in total. The average Bonchev–Trinajstić information content (AvgIpc) is 3.13. The van der Waals surface area contributed by atoms with E-state index in [9.17, 15) is 19.8 Å². The SMILES string of the molecule is CN(C)Cc1cc(CC(NC(=O)OCC2c3ccccc3-c3ccccc32)C(=O)O)ccc1O. The van der Waals surface area contributed by atoms with Gasteiger partial charge in [0.15, 0.2) is 0 Å². The summed E-state index contributed by atoms with van der Waals surface area (Å²) in [4.78, 5) is 26.3. The number of nitrogens with one attached hydrogen (secondary N) is 1. The third kappa shape index (κ3) is 5.05. The standard InChI is InChI=1S/C27H28N2O5/c1-29(2)15-18-13-17(11-12-25(18)30)14-24(26(31)32)28-27(33)34-16-23-21-9-5-3-7-19(21)20-8-4-6-10-22(20)23/h3-13,23-24,30H,14-16H2,1-2H3,(H,28,33)(H,31,32). The highest BCUT2D eigenvalue weighted by atomic mass is 16.5. The van der Waals surface area contributed by atoms with Crippen LogP contribution < -0.4 is 5.32 Å². The van der Waals surface area contributed by atoms with Crippen molar-refractivity contribution in [3.8, 4) is 16.9 Å². The summed E-state index contributed by atoms with van der Waals surface area (Å²) in [6.45, 7) is 0.621. The Bertz CT molecular complexity index is 1160. The molecule has 3 aromatic carbocycles. The van der Waals surface area contributed by atoms with E-state index in [-0.39, 0.29) is 24.7 Å². The van der Waals surface area contributed by atoms with Crippen LogP contribution in [0.5, 0.6) is 5.75 Å². The van der Waals surface area contributed by atoms with Crippen LogP contribution in [-0.4, -0.2) is 53.9 Å². The number of carbonyl (C=O) groups excluding carboxylic acids is 1. The highest BCUT2D eigenvalue weighted by Gasteiger charge is 2.29. The number of hydrogen-bond acceptors (Lipinski definition) is 5. The largest absolute Gasteiger partial charge is 0.508 e. The van der Waals surface area contributed by atoms with E-state index < -0.39 is 18.1 Å². The maximum atomic E-state index is 12.6. The van der Waals surface area contributed by atoms with Crippen LogP contribution >= 0.6 is 0 Å². The predicted octanol–water partition coefficient (Wildman–Crippen LogP) is 3.99. The molecule has 1 aliphatic carbocycles. The van der Waals surface area contributed by atoms with Crippen molar-refractivity contribution in [3.63, 3.8) is 0 Å². The first kappa shape index (κ1) is 23.3. The van der Waals surface area contributed by atoms with Gasteiger partial charge < -0.3 is 25.2 Å². The monoisotopic (exact) mass is 460 g/mol. The molecule has 3 aromatic rings. The Morgan fingerprint density at radius 2 is 1.62 bits per heavy atom. The van der Waals surface area contributed by atoms with E-state index in [1.807, 2.05) is 55.4 Å². The number of amides is 1. The lowest BCUT2D eigenvalue weighted by atomic mass is 9.98. The summed E-state index contributed by atoms with van der Waals surface area (Å²) in [6, 6.07) is 19.8. The lowest BCUT2D eigenvalue weighted by molar-refractivity contribution is -0.139. The number of alkyl carbamates (subject to hydrolysis) is 1. The van der Waals surface area contributed by atoms with Gasteiger partial charge in [0.2, 0.25) is 0 Å². The number of fused-ring (bicyclic) bond motifs is 3. The smallest absolute Gasteiger partial charge is 0.407 e. The normalized spacial score (nSPS) is 13.3. The van der Waals surface area contributed by atoms with Crippen LogP contribution in [0.3, 0.4) is 0 Å². The van der Waals surface area contributed by atoms with Crippen molar-refractivity contribution in [1.29, 1.82) is 0 Å². The molecule has 7 heteroatoms. The Balaban J connectivity index is 1.42. The minimum atomic E-state index is -1.16. The van der Waals surface area contributed by atoms with E-state index in [0.717, 1.165) is 22.3 Å². The van der Waals surface area contributed by atoms with Gasteiger partial charge in [-0.2, -0.15) is 0 Å². The van der Waals surface area contributed by atoms with Crippen LogP contribution in [0.1, 0.15) is 28.2 Å². The fourth-order valence-corrected chi connectivity index (χ4v) is 4.45. The molecule has 0 saturated heterocycles. The molecular weight excluding hydrogens is 432 g/mol. The fourth-order valence-electron chi connectivity index (χ4n) is 4.45. The molecule has 0 bridgehead atoms. The van der Waals surface area contributed by atoms with Crippen molar-refractivity contribution in [2.24, 2.45) is 0 Å². The molecule has 4 rings (SSSR count). The second kappa shape index (κ2) is 9.97.